The average molecular weight is 301 g/mol. The van der Waals surface area contributed by atoms with Crippen LogP contribution in [-0.2, 0) is 11.3 Å². The van der Waals surface area contributed by atoms with E-state index in [0.717, 1.165) is 41.9 Å². The summed E-state index contributed by atoms with van der Waals surface area (Å²) in [5.74, 6) is 0.864. The number of aliphatic hydroxyl groups excluding tert-OH is 1. The molecule has 17 heavy (non-hydrogen) atoms. The molecule has 1 aromatic rings. The molecule has 1 fully saturated rings. The number of ether oxygens (including phenoxy) is 1. The number of halogens is 1. The largest absolute Gasteiger partial charge is 0.392 e. The highest BCUT2D eigenvalue weighted by Crippen LogP contribution is 2.25. The van der Waals surface area contributed by atoms with Crippen LogP contribution < -0.4 is 4.90 Å². The average Bonchev–Trinajstić information content (AvgIpc) is 2.39. The summed E-state index contributed by atoms with van der Waals surface area (Å²) in [7, 11) is 2.03. The second-order valence-electron chi connectivity index (χ2n) is 4.25. The van der Waals surface area contributed by atoms with E-state index in [4.69, 9.17) is 4.74 Å². The third-order valence-corrected chi connectivity index (χ3v) is 3.59. The molecule has 2 rings (SSSR count). The number of aromatic nitrogens is 1. The Bertz CT molecular complexity index is 381. The van der Waals surface area contributed by atoms with E-state index in [1.807, 2.05) is 13.1 Å². The van der Waals surface area contributed by atoms with E-state index in [-0.39, 0.29) is 6.61 Å². The first-order valence-corrected chi connectivity index (χ1v) is 6.57. The lowest BCUT2D eigenvalue weighted by Crippen LogP contribution is -2.37. The van der Waals surface area contributed by atoms with Crippen molar-refractivity contribution in [2.75, 3.05) is 25.2 Å². The maximum absolute atomic E-state index is 9.38. The molecule has 0 atom stereocenters. The fourth-order valence-corrected chi connectivity index (χ4v) is 2.53. The molecule has 0 spiro atoms. The number of pyridine rings is 1. The van der Waals surface area contributed by atoms with E-state index >= 15 is 0 Å². The second-order valence-corrected chi connectivity index (χ2v) is 5.16. The zero-order chi connectivity index (χ0) is 12.3. The van der Waals surface area contributed by atoms with Gasteiger partial charge in [-0.05, 0) is 34.8 Å². The molecule has 5 heteroatoms. The zero-order valence-electron chi connectivity index (χ0n) is 9.90. The number of aliphatic hydroxyl groups is 1. The fourth-order valence-electron chi connectivity index (χ4n) is 2.15. The Hall–Kier alpha value is -0.650. The van der Waals surface area contributed by atoms with Gasteiger partial charge < -0.3 is 14.7 Å². The maximum Gasteiger partial charge on any atom is 0.134 e. The van der Waals surface area contributed by atoms with Crippen LogP contribution in [0.3, 0.4) is 0 Å². The monoisotopic (exact) mass is 300 g/mol. The van der Waals surface area contributed by atoms with Crippen molar-refractivity contribution in [3.63, 3.8) is 0 Å². The predicted octanol–water partition coefficient (Wildman–Crippen LogP) is 1.95. The molecule has 1 saturated heterocycles. The van der Waals surface area contributed by atoms with Crippen molar-refractivity contribution in [2.24, 2.45) is 0 Å². The van der Waals surface area contributed by atoms with Crippen molar-refractivity contribution < 1.29 is 9.84 Å². The van der Waals surface area contributed by atoms with Gasteiger partial charge in [-0.1, -0.05) is 0 Å². The van der Waals surface area contributed by atoms with Gasteiger partial charge in [0.1, 0.15) is 5.82 Å². The molecule has 0 amide bonds. The lowest BCUT2D eigenvalue weighted by atomic mass is 10.1. The zero-order valence-corrected chi connectivity index (χ0v) is 11.5. The van der Waals surface area contributed by atoms with Crippen LogP contribution in [0.5, 0.6) is 0 Å². The minimum absolute atomic E-state index is 0.00926. The molecule has 0 bridgehead atoms. The van der Waals surface area contributed by atoms with Gasteiger partial charge >= 0.3 is 0 Å². The van der Waals surface area contributed by atoms with Crippen LogP contribution in [0.25, 0.3) is 0 Å². The van der Waals surface area contributed by atoms with Crippen LogP contribution in [0.2, 0.25) is 0 Å². The number of rotatable bonds is 3. The fraction of sp³-hybridized carbons (Fsp3) is 0.583. The van der Waals surface area contributed by atoms with E-state index in [0.29, 0.717) is 6.04 Å². The van der Waals surface area contributed by atoms with Gasteiger partial charge in [0.05, 0.1) is 6.61 Å². The first-order chi connectivity index (χ1) is 8.22. The topological polar surface area (TPSA) is 45.6 Å². The molecule has 4 nitrogen and oxygen atoms in total. The summed E-state index contributed by atoms with van der Waals surface area (Å²) in [5.41, 5.74) is 0.855. The van der Waals surface area contributed by atoms with Crippen molar-refractivity contribution in [1.29, 1.82) is 0 Å². The van der Waals surface area contributed by atoms with Crippen molar-refractivity contribution in [3.05, 3.63) is 22.3 Å². The van der Waals surface area contributed by atoms with Crippen molar-refractivity contribution in [3.8, 4) is 0 Å². The van der Waals surface area contributed by atoms with E-state index < -0.39 is 0 Å². The van der Waals surface area contributed by atoms with Crippen molar-refractivity contribution in [2.45, 2.75) is 25.5 Å². The summed E-state index contributed by atoms with van der Waals surface area (Å²) in [4.78, 5) is 6.56. The SMILES string of the molecule is CN(c1ncc(Br)cc1CO)C1CCOCC1. The molecule has 1 N–H and O–H groups in total. The van der Waals surface area contributed by atoms with Gasteiger partial charge in [-0.15, -0.1) is 0 Å². The van der Waals surface area contributed by atoms with Gasteiger partial charge in [0.15, 0.2) is 0 Å². The summed E-state index contributed by atoms with van der Waals surface area (Å²) in [5, 5.41) is 9.38. The van der Waals surface area contributed by atoms with Crippen LogP contribution in [0.15, 0.2) is 16.7 Å². The summed E-state index contributed by atoms with van der Waals surface area (Å²) in [6, 6.07) is 2.36. The first-order valence-electron chi connectivity index (χ1n) is 5.78. The lowest BCUT2D eigenvalue weighted by molar-refractivity contribution is 0.0853. The Balaban J connectivity index is 2.19. The highest BCUT2D eigenvalue weighted by atomic mass is 79.9. The number of nitrogens with zero attached hydrogens (tertiary/aromatic N) is 2. The predicted molar refractivity (Wildman–Crippen MR) is 70.1 cm³/mol. The lowest BCUT2D eigenvalue weighted by Gasteiger charge is -2.33. The molecule has 0 aliphatic carbocycles. The molecule has 0 saturated carbocycles. The molecule has 0 unspecified atom stereocenters. The Kier molecular flexibility index (Phi) is 4.36. The molecule has 2 heterocycles. The molecule has 1 aliphatic rings. The minimum atomic E-state index is 0.00926. The van der Waals surface area contributed by atoms with Gasteiger partial charge in [0.2, 0.25) is 0 Å². The smallest absolute Gasteiger partial charge is 0.134 e. The van der Waals surface area contributed by atoms with Gasteiger partial charge in [-0.2, -0.15) is 0 Å². The molecule has 94 valence electrons. The summed E-state index contributed by atoms with van der Waals surface area (Å²) in [6.07, 6.45) is 3.79. The minimum Gasteiger partial charge on any atom is -0.392 e. The number of hydrogen-bond donors (Lipinski definition) is 1. The molecular weight excluding hydrogens is 284 g/mol. The van der Waals surface area contributed by atoms with E-state index in [1.165, 1.54) is 0 Å². The Morgan fingerprint density at radius 3 is 2.88 bits per heavy atom. The van der Waals surface area contributed by atoms with Crippen LogP contribution in [-0.4, -0.2) is 36.4 Å². The van der Waals surface area contributed by atoms with Gasteiger partial charge in [0, 0.05) is 42.5 Å². The molecule has 0 radical (unpaired) electrons. The molecule has 1 aliphatic heterocycles. The van der Waals surface area contributed by atoms with E-state index in [1.54, 1.807) is 6.20 Å². The third-order valence-electron chi connectivity index (χ3n) is 3.15. The van der Waals surface area contributed by atoms with Crippen molar-refractivity contribution in [1.82, 2.24) is 4.98 Å². The quantitative estimate of drug-likeness (QED) is 0.927. The van der Waals surface area contributed by atoms with Gasteiger partial charge in [-0.3, -0.25) is 0 Å². The summed E-state index contributed by atoms with van der Waals surface area (Å²) < 4.78 is 6.25. The second kappa shape index (κ2) is 5.80. The van der Waals surface area contributed by atoms with Crippen LogP contribution in [0.1, 0.15) is 18.4 Å². The normalized spacial score (nSPS) is 17.1. The Morgan fingerprint density at radius 1 is 1.53 bits per heavy atom. The van der Waals surface area contributed by atoms with E-state index in [2.05, 4.69) is 25.8 Å². The van der Waals surface area contributed by atoms with Crippen LogP contribution >= 0.6 is 15.9 Å². The number of anilines is 1. The summed E-state index contributed by atoms with van der Waals surface area (Å²) >= 11 is 3.37. The summed E-state index contributed by atoms with van der Waals surface area (Å²) in [6.45, 7) is 1.62. The standard InChI is InChI=1S/C12H17BrN2O2/c1-15(11-2-4-17-5-3-11)12-9(8-16)6-10(13)7-14-12/h6-7,11,16H,2-5,8H2,1H3. The Labute approximate surface area is 110 Å². The molecule has 0 aromatic carbocycles. The van der Waals surface area contributed by atoms with Crippen LogP contribution in [0.4, 0.5) is 5.82 Å². The van der Waals surface area contributed by atoms with Gasteiger partial charge in [-0.25, -0.2) is 4.98 Å². The molecule has 1 aromatic heterocycles. The molecular formula is C12H17BrN2O2. The van der Waals surface area contributed by atoms with Crippen LogP contribution in [0, 0.1) is 0 Å². The number of hydrogen-bond acceptors (Lipinski definition) is 4. The highest BCUT2D eigenvalue weighted by molar-refractivity contribution is 9.10. The first kappa shape index (κ1) is 12.8. The Morgan fingerprint density at radius 2 is 2.24 bits per heavy atom. The van der Waals surface area contributed by atoms with E-state index in [9.17, 15) is 5.11 Å². The highest BCUT2D eigenvalue weighted by Gasteiger charge is 2.21. The van der Waals surface area contributed by atoms with Crippen molar-refractivity contribution >= 4 is 21.7 Å². The van der Waals surface area contributed by atoms with Gasteiger partial charge in [0.25, 0.3) is 0 Å². The maximum atomic E-state index is 9.38. The third kappa shape index (κ3) is 2.97.